The van der Waals surface area contributed by atoms with Crippen LogP contribution in [-0.2, 0) is 0 Å². The van der Waals surface area contributed by atoms with E-state index in [-0.39, 0.29) is 12.2 Å². The van der Waals surface area contributed by atoms with Gasteiger partial charge in [-0.25, -0.2) is 0 Å². The predicted octanol–water partition coefficient (Wildman–Crippen LogP) is 0.528. The summed E-state index contributed by atoms with van der Waals surface area (Å²) in [6.45, 7) is 2.02. The number of hydrogen-bond acceptors (Lipinski definition) is 2. The zero-order valence-electron chi connectivity index (χ0n) is 5.75. The topological polar surface area (TPSA) is 40.5 Å². The molecule has 3 atom stereocenters. The van der Waals surface area contributed by atoms with Gasteiger partial charge in [0, 0.05) is 0 Å². The van der Waals surface area contributed by atoms with Crippen molar-refractivity contribution in [1.29, 1.82) is 0 Å². The average molecular weight is 130 g/mol. The van der Waals surface area contributed by atoms with Crippen LogP contribution in [0, 0.1) is 5.92 Å². The second-order valence-electron chi connectivity index (χ2n) is 3.01. The van der Waals surface area contributed by atoms with E-state index in [1.807, 2.05) is 6.92 Å². The molecule has 2 N–H and O–H groups in total. The van der Waals surface area contributed by atoms with Gasteiger partial charge in [-0.2, -0.15) is 0 Å². The zero-order valence-corrected chi connectivity index (χ0v) is 5.75. The lowest BCUT2D eigenvalue weighted by molar-refractivity contribution is 0.00730. The molecule has 0 amide bonds. The summed E-state index contributed by atoms with van der Waals surface area (Å²) in [7, 11) is 0. The van der Waals surface area contributed by atoms with E-state index in [2.05, 4.69) is 0 Å². The van der Waals surface area contributed by atoms with Gasteiger partial charge in [-0.05, 0) is 25.2 Å². The molecule has 0 aromatic carbocycles. The van der Waals surface area contributed by atoms with Crippen LogP contribution in [0.15, 0.2) is 0 Å². The Morgan fingerprint density at radius 2 is 1.89 bits per heavy atom. The van der Waals surface area contributed by atoms with Gasteiger partial charge in [0.15, 0.2) is 0 Å². The smallest absolute Gasteiger partial charge is 0.0590 e. The van der Waals surface area contributed by atoms with Crippen LogP contribution in [0.5, 0.6) is 0 Å². The molecule has 1 fully saturated rings. The third kappa shape index (κ3) is 1.66. The van der Waals surface area contributed by atoms with Crippen molar-refractivity contribution in [1.82, 2.24) is 0 Å². The largest absolute Gasteiger partial charge is 0.393 e. The van der Waals surface area contributed by atoms with Crippen molar-refractivity contribution in [2.45, 2.75) is 38.4 Å². The fourth-order valence-corrected chi connectivity index (χ4v) is 1.28. The average Bonchev–Trinajstić information content (AvgIpc) is 1.80. The summed E-state index contributed by atoms with van der Waals surface area (Å²) in [5, 5.41) is 18.2. The second kappa shape index (κ2) is 2.67. The van der Waals surface area contributed by atoms with Gasteiger partial charge in [0.1, 0.15) is 0 Å². The Morgan fingerprint density at radius 3 is 2.33 bits per heavy atom. The molecular formula is C7H14O2. The van der Waals surface area contributed by atoms with E-state index >= 15 is 0 Å². The summed E-state index contributed by atoms with van der Waals surface area (Å²) < 4.78 is 0. The Hall–Kier alpha value is -0.0800. The van der Waals surface area contributed by atoms with Crippen molar-refractivity contribution in [3.05, 3.63) is 0 Å². The molecule has 0 radical (unpaired) electrons. The highest BCUT2D eigenvalue weighted by Gasteiger charge is 2.23. The number of hydrogen-bond donors (Lipinski definition) is 2. The van der Waals surface area contributed by atoms with E-state index in [9.17, 15) is 5.11 Å². The normalized spacial score (nSPS) is 45.0. The first kappa shape index (κ1) is 7.03. The summed E-state index contributed by atoms with van der Waals surface area (Å²) in [6.07, 6.45) is 1.87. The van der Waals surface area contributed by atoms with Gasteiger partial charge in [-0.15, -0.1) is 0 Å². The first-order chi connectivity index (χ1) is 4.20. The van der Waals surface area contributed by atoms with Gasteiger partial charge in [-0.1, -0.05) is 6.92 Å². The van der Waals surface area contributed by atoms with E-state index in [1.165, 1.54) is 0 Å². The van der Waals surface area contributed by atoms with Crippen LogP contribution in [0.2, 0.25) is 0 Å². The summed E-state index contributed by atoms with van der Waals surface area (Å²) in [5.41, 5.74) is 0. The fourth-order valence-electron chi connectivity index (χ4n) is 1.28. The first-order valence-corrected chi connectivity index (χ1v) is 3.56. The maximum atomic E-state index is 9.19. The Balaban J connectivity index is 2.35. The van der Waals surface area contributed by atoms with Crippen LogP contribution < -0.4 is 0 Å². The molecule has 0 aromatic rings. The van der Waals surface area contributed by atoms with Crippen molar-refractivity contribution in [3.8, 4) is 0 Å². The quantitative estimate of drug-likeness (QED) is 0.502. The highest BCUT2D eigenvalue weighted by atomic mass is 16.3. The number of aliphatic hydroxyl groups excluding tert-OH is 2. The molecule has 0 unspecified atom stereocenters. The summed E-state index contributed by atoms with van der Waals surface area (Å²) in [4.78, 5) is 0. The lowest BCUT2D eigenvalue weighted by Crippen LogP contribution is -2.29. The molecule has 0 aromatic heterocycles. The summed E-state index contributed by atoms with van der Waals surface area (Å²) in [6, 6.07) is 0. The first-order valence-electron chi connectivity index (χ1n) is 3.56. The van der Waals surface area contributed by atoms with Crippen molar-refractivity contribution >= 4 is 0 Å². The number of rotatable bonds is 0. The van der Waals surface area contributed by atoms with Crippen molar-refractivity contribution in [3.63, 3.8) is 0 Å². The molecule has 0 heterocycles. The third-order valence-electron chi connectivity index (χ3n) is 2.13. The molecule has 0 bridgehead atoms. The van der Waals surface area contributed by atoms with Crippen LogP contribution in [-0.4, -0.2) is 22.4 Å². The summed E-state index contributed by atoms with van der Waals surface area (Å²) >= 11 is 0. The molecule has 2 heteroatoms. The van der Waals surface area contributed by atoms with E-state index in [1.54, 1.807) is 0 Å². The molecular weight excluding hydrogens is 116 g/mol. The lowest BCUT2D eigenvalue weighted by atomic mass is 9.86. The Bertz CT molecular complexity index is 92.9. The molecule has 1 aliphatic carbocycles. The molecule has 54 valence electrons. The Morgan fingerprint density at radius 1 is 1.22 bits per heavy atom. The maximum absolute atomic E-state index is 9.19. The van der Waals surface area contributed by atoms with Crippen LogP contribution in [0.25, 0.3) is 0 Å². The molecule has 0 spiro atoms. The van der Waals surface area contributed by atoms with E-state index in [0.29, 0.717) is 12.3 Å². The lowest BCUT2D eigenvalue weighted by Gasteiger charge is -2.27. The van der Waals surface area contributed by atoms with Crippen molar-refractivity contribution in [2.75, 3.05) is 0 Å². The Labute approximate surface area is 55.5 Å². The van der Waals surface area contributed by atoms with Crippen LogP contribution in [0.3, 0.4) is 0 Å². The van der Waals surface area contributed by atoms with E-state index in [0.717, 1.165) is 12.8 Å². The minimum Gasteiger partial charge on any atom is -0.393 e. The monoisotopic (exact) mass is 130 g/mol. The van der Waals surface area contributed by atoms with Crippen LogP contribution in [0.1, 0.15) is 26.2 Å². The molecule has 9 heavy (non-hydrogen) atoms. The fraction of sp³-hybridized carbons (Fsp3) is 1.00. The molecule has 2 nitrogen and oxygen atoms in total. The highest BCUT2D eigenvalue weighted by molar-refractivity contribution is 4.75. The molecule has 1 rings (SSSR count). The van der Waals surface area contributed by atoms with Gasteiger partial charge in [0.05, 0.1) is 12.2 Å². The van der Waals surface area contributed by atoms with Gasteiger partial charge in [0.25, 0.3) is 0 Å². The zero-order chi connectivity index (χ0) is 6.85. The van der Waals surface area contributed by atoms with Crippen LogP contribution in [0.4, 0.5) is 0 Å². The van der Waals surface area contributed by atoms with Crippen molar-refractivity contribution < 1.29 is 10.2 Å². The maximum Gasteiger partial charge on any atom is 0.0590 e. The van der Waals surface area contributed by atoms with Gasteiger partial charge >= 0.3 is 0 Å². The van der Waals surface area contributed by atoms with Crippen LogP contribution >= 0.6 is 0 Å². The van der Waals surface area contributed by atoms with E-state index in [4.69, 9.17) is 5.11 Å². The van der Waals surface area contributed by atoms with Gasteiger partial charge < -0.3 is 10.2 Å². The van der Waals surface area contributed by atoms with E-state index < -0.39 is 0 Å². The summed E-state index contributed by atoms with van der Waals surface area (Å²) in [5.74, 6) is 0.383. The minimum absolute atomic E-state index is 0.254. The molecule has 1 aliphatic rings. The SMILES string of the molecule is C[C@@H]1CC[C@H](O)C[C@H]1O. The molecule has 0 aliphatic heterocycles. The van der Waals surface area contributed by atoms with Gasteiger partial charge in [0.2, 0.25) is 0 Å². The second-order valence-corrected chi connectivity index (χ2v) is 3.01. The van der Waals surface area contributed by atoms with Crippen molar-refractivity contribution in [2.24, 2.45) is 5.92 Å². The minimum atomic E-state index is -0.270. The third-order valence-corrected chi connectivity index (χ3v) is 2.13. The highest BCUT2D eigenvalue weighted by Crippen LogP contribution is 2.23. The molecule has 0 saturated heterocycles. The Kier molecular flexibility index (Phi) is 2.09. The molecule has 1 saturated carbocycles. The standard InChI is InChI=1S/C7H14O2/c1-5-2-3-6(8)4-7(5)9/h5-9H,2-4H2,1H3/t5-,6+,7-/m1/s1. The van der Waals surface area contributed by atoms with Gasteiger partial charge in [-0.3, -0.25) is 0 Å². The predicted molar refractivity (Wildman–Crippen MR) is 35.0 cm³/mol. The number of aliphatic hydroxyl groups is 2.